The maximum Gasteiger partial charge on any atom is 0.262 e. The van der Waals surface area contributed by atoms with Crippen LogP contribution in [-0.4, -0.2) is 23.8 Å². The predicted octanol–water partition coefficient (Wildman–Crippen LogP) is 1.26. The molecule has 0 aliphatic rings. The number of carbonyl (C=O) groups excluding carboxylic acids is 3. The van der Waals surface area contributed by atoms with E-state index in [-0.39, 0.29) is 11.8 Å². The molecule has 2 rings (SSSR count). The van der Waals surface area contributed by atoms with Gasteiger partial charge < -0.3 is 5.32 Å². The molecule has 1 aromatic carbocycles. The van der Waals surface area contributed by atoms with Crippen LogP contribution < -0.4 is 16.2 Å². The summed E-state index contributed by atoms with van der Waals surface area (Å²) in [6, 6.07) is 12.0. The quantitative estimate of drug-likeness (QED) is 0.721. The number of nitrogens with one attached hydrogen (secondary N) is 3. The van der Waals surface area contributed by atoms with E-state index in [2.05, 4.69) is 16.2 Å². The zero-order valence-corrected chi connectivity index (χ0v) is 13.4. The molecule has 0 fully saturated rings. The van der Waals surface area contributed by atoms with Gasteiger partial charge in [0.25, 0.3) is 11.8 Å². The summed E-state index contributed by atoms with van der Waals surface area (Å²) >= 11 is 1.30. The summed E-state index contributed by atoms with van der Waals surface area (Å²) in [5.74, 6) is -1.19. The molecular formula is C16H17N3O3S. The van der Waals surface area contributed by atoms with Crippen molar-refractivity contribution in [1.29, 1.82) is 0 Å². The second-order valence-corrected chi connectivity index (χ2v) is 5.81. The molecule has 0 saturated heterocycles. The molecule has 0 unspecified atom stereocenters. The highest BCUT2D eigenvalue weighted by molar-refractivity contribution is 7.12. The average Bonchev–Trinajstić information content (AvgIpc) is 3.07. The van der Waals surface area contributed by atoms with E-state index in [1.807, 2.05) is 30.3 Å². The molecule has 3 N–H and O–H groups in total. The monoisotopic (exact) mass is 331 g/mol. The lowest BCUT2D eigenvalue weighted by molar-refractivity contribution is -0.129. The highest BCUT2D eigenvalue weighted by atomic mass is 32.1. The minimum Gasteiger partial charge on any atom is -0.339 e. The Morgan fingerprint density at radius 2 is 1.78 bits per heavy atom. The van der Waals surface area contributed by atoms with Crippen molar-refractivity contribution in [2.75, 3.05) is 0 Å². The van der Waals surface area contributed by atoms with Gasteiger partial charge >= 0.3 is 0 Å². The Balaban J connectivity index is 2.08. The van der Waals surface area contributed by atoms with E-state index in [1.165, 1.54) is 18.3 Å². The maximum atomic E-state index is 12.2. The first kappa shape index (κ1) is 16.7. The van der Waals surface area contributed by atoms with Crippen LogP contribution in [0, 0.1) is 0 Å². The number of hydrazine groups is 1. The molecule has 1 aromatic heterocycles. The molecule has 23 heavy (non-hydrogen) atoms. The number of hydrogen-bond acceptors (Lipinski definition) is 4. The summed E-state index contributed by atoms with van der Waals surface area (Å²) in [6.07, 6.45) is 0.323. The van der Waals surface area contributed by atoms with Crippen molar-refractivity contribution in [2.24, 2.45) is 0 Å². The van der Waals surface area contributed by atoms with E-state index >= 15 is 0 Å². The van der Waals surface area contributed by atoms with Gasteiger partial charge in [-0.05, 0) is 17.0 Å². The third kappa shape index (κ3) is 5.23. The fraction of sp³-hybridized carbons (Fsp3) is 0.188. The van der Waals surface area contributed by atoms with E-state index in [1.54, 1.807) is 17.5 Å². The Morgan fingerprint density at radius 1 is 1.04 bits per heavy atom. The Hall–Kier alpha value is -2.67. The van der Waals surface area contributed by atoms with Gasteiger partial charge in [0.2, 0.25) is 5.91 Å². The van der Waals surface area contributed by atoms with Crippen molar-refractivity contribution in [2.45, 2.75) is 19.4 Å². The van der Waals surface area contributed by atoms with Crippen LogP contribution in [0.25, 0.3) is 0 Å². The number of hydrogen-bond donors (Lipinski definition) is 3. The molecule has 1 atom stereocenters. The Morgan fingerprint density at radius 3 is 2.39 bits per heavy atom. The zero-order chi connectivity index (χ0) is 16.7. The van der Waals surface area contributed by atoms with E-state index in [0.717, 1.165) is 5.56 Å². The van der Waals surface area contributed by atoms with Gasteiger partial charge in [-0.15, -0.1) is 11.3 Å². The molecule has 7 heteroatoms. The summed E-state index contributed by atoms with van der Waals surface area (Å²) in [5, 5.41) is 4.49. The molecule has 1 heterocycles. The highest BCUT2D eigenvalue weighted by Crippen LogP contribution is 2.10. The van der Waals surface area contributed by atoms with Crippen LogP contribution in [0.5, 0.6) is 0 Å². The molecule has 0 saturated carbocycles. The Kier molecular flexibility index (Phi) is 5.87. The number of carbonyl (C=O) groups is 3. The van der Waals surface area contributed by atoms with Crippen molar-refractivity contribution >= 4 is 29.1 Å². The molecule has 2 aromatic rings. The van der Waals surface area contributed by atoms with Gasteiger partial charge in [0.1, 0.15) is 6.04 Å². The van der Waals surface area contributed by atoms with Crippen LogP contribution in [0.3, 0.4) is 0 Å². The van der Waals surface area contributed by atoms with E-state index in [4.69, 9.17) is 0 Å². The summed E-state index contributed by atoms with van der Waals surface area (Å²) in [4.78, 5) is 35.9. The second-order valence-electron chi connectivity index (χ2n) is 4.86. The van der Waals surface area contributed by atoms with Crippen molar-refractivity contribution < 1.29 is 14.4 Å². The molecule has 0 aliphatic heterocycles. The largest absolute Gasteiger partial charge is 0.339 e. The van der Waals surface area contributed by atoms with Gasteiger partial charge in [0.05, 0.1) is 4.88 Å². The number of rotatable bonds is 5. The van der Waals surface area contributed by atoms with Gasteiger partial charge in [-0.25, -0.2) is 0 Å². The molecule has 0 spiro atoms. The van der Waals surface area contributed by atoms with Crippen LogP contribution in [0.4, 0.5) is 0 Å². The lowest BCUT2D eigenvalue weighted by atomic mass is 10.1. The van der Waals surface area contributed by atoms with E-state index in [9.17, 15) is 14.4 Å². The SMILES string of the molecule is CC(=O)NNC(=O)[C@@H](Cc1ccccc1)NC(=O)c1cccs1. The summed E-state index contributed by atoms with van der Waals surface area (Å²) in [7, 11) is 0. The lowest BCUT2D eigenvalue weighted by Gasteiger charge is -2.18. The average molecular weight is 331 g/mol. The maximum absolute atomic E-state index is 12.2. The minimum absolute atomic E-state index is 0.320. The van der Waals surface area contributed by atoms with Crippen molar-refractivity contribution in [3.8, 4) is 0 Å². The third-order valence-electron chi connectivity index (χ3n) is 3.01. The summed E-state index contributed by atoms with van der Waals surface area (Å²) in [6.45, 7) is 1.29. The normalized spacial score (nSPS) is 11.3. The molecule has 3 amide bonds. The third-order valence-corrected chi connectivity index (χ3v) is 3.88. The number of benzene rings is 1. The number of thiophene rings is 1. The number of amides is 3. The predicted molar refractivity (Wildman–Crippen MR) is 87.7 cm³/mol. The molecular weight excluding hydrogens is 314 g/mol. The van der Waals surface area contributed by atoms with Gasteiger partial charge in [-0.2, -0.15) is 0 Å². The van der Waals surface area contributed by atoms with Crippen molar-refractivity contribution in [3.05, 3.63) is 58.3 Å². The Labute approximate surface area is 137 Å². The highest BCUT2D eigenvalue weighted by Gasteiger charge is 2.22. The first-order valence-electron chi connectivity index (χ1n) is 7.01. The lowest BCUT2D eigenvalue weighted by Crippen LogP contribution is -2.52. The topological polar surface area (TPSA) is 87.3 Å². The van der Waals surface area contributed by atoms with Crippen LogP contribution in [0.1, 0.15) is 22.2 Å². The standard InChI is InChI=1S/C16H17N3O3S/c1-11(20)18-19-15(21)13(10-12-6-3-2-4-7-12)17-16(22)14-8-5-9-23-14/h2-9,13H,10H2,1H3,(H,17,22)(H,18,20)(H,19,21)/t13-/m1/s1. The molecule has 6 nitrogen and oxygen atoms in total. The second kappa shape index (κ2) is 8.09. The van der Waals surface area contributed by atoms with Crippen LogP contribution in [0.2, 0.25) is 0 Å². The van der Waals surface area contributed by atoms with E-state index in [0.29, 0.717) is 11.3 Å². The van der Waals surface area contributed by atoms with Crippen LogP contribution in [-0.2, 0) is 16.0 Å². The molecule has 120 valence electrons. The first-order chi connectivity index (χ1) is 11.1. The minimum atomic E-state index is -0.793. The van der Waals surface area contributed by atoms with Crippen molar-refractivity contribution in [1.82, 2.24) is 16.2 Å². The van der Waals surface area contributed by atoms with Crippen LogP contribution in [0.15, 0.2) is 47.8 Å². The zero-order valence-electron chi connectivity index (χ0n) is 12.5. The van der Waals surface area contributed by atoms with Crippen LogP contribution >= 0.6 is 11.3 Å². The Bertz CT molecular complexity index is 671. The van der Waals surface area contributed by atoms with Gasteiger partial charge in [0.15, 0.2) is 0 Å². The molecule has 0 radical (unpaired) electrons. The summed E-state index contributed by atoms with van der Waals surface area (Å²) < 4.78 is 0. The fourth-order valence-electron chi connectivity index (χ4n) is 1.93. The van der Waals surface area contributed by atoms with Gasteiger partial charge in [0, 0.05) is 13.3 Å². The van der Waals surface area contributed by atoms with E-state index < -0.39 is 11.9 Å². The molecule has 0 aliphatic carbocycles. The summed E-state index contributed by atoms with van der Waals surface area (Å²) in [5.41, 5.74) is 5.44. The fourth-order valence-corrected chi connectivity index (χ4v) is 2.56. The van der Waals surface area contributed by atoms with Gasteiger partial charge in [-0.1, -0.05) is 36.4 Å². The smallest absolute Gasteiger partial charge is 0.262 e. The molecule has 0 bridgehead atoms. The van der Waals surface area contributed by atoms with Gasteiger partial charge in [-0.3, -0.25) is 25.2 Å². The van der Waals surface area contributed by atoms with Crippen molar-refractivity contribution in [3.63, 3.8) is 0 Å². The first-order valence-corrected chi connectivity index (χ1v) is 7.89.